The van der Waals surface area contributed by atoms with Gasteiger partial charge >= 0.3 is 6.01 Å². The van der Waals surface area contributed by atoms with E-state index < -0.39 is 34.7 Å². The second kappa shape index (κ2) is 10.4. The molecule has 0 saturated carbocycles. The molecule has 8 rings (SSSR count). The molecule has 8 nitrogen and oxygen atoms in total. The molecule has 0 aliphatic carbocycles. The zero-order chi connectivity index (χ0) is 31.2. The van der Waals surface area contributed by atoms with Crippen LogP contribution in [-0.2, 0) is 0 Å². The van der Waals surface area contributed by atoms with Gasteiger partial charge in [0.1, 0.15) is 46.8 Å². The van der Waals surface area contributed by atoms with Crippen molar-refractivity contribution in [2.75, 3.05) is 43.4 Å². The molecule has 6 heterocycles. The van der Waals surface area contributed by atoms with Crippen molar-refractivity contribution < 1.29 is 22.3 Å². The number of thiophene rings is 1. The maximum absolute atomic E-state index is 16.9. The third-order valence-electron chi connectivity index (χ3n) is 10.2. The Morgan fingerprint density at radius 2 is 1.91 bits per heavy atom. The van der Waals surface area contributed by atoms with E-state index in [0.29, 0.717) is 31.9 Å². The first-order valence-corrected chi connectivity index (χ1v) is 16.1. The maximum Gasteiger partial charge on any atom is 0.319 e. The molecule has 2 aromatic heterocycles. The second-order valence-electron chi connectivity index (χ2n) is 12.8. The van der Waals surface area contributed by atoms with Crippen LogP contribution in [0.3, 0.4) is 0 Å². The van der Waals surface area contributed by atoms with Crippen molar-refractivity contribution in [1.29, 1.82) is 5.26 Å². The second-order valence-corrected chi connectivity index (χ2v) is 13.9. The van der Waals surface area contributed by atoms with Crippen molar-refractivity contribution >= 4 is 43.1 Å². The number of ether oxygens (including phenoxy) is 1. The monoisotopic (exact) mass is 637 g/mol. The average Bonchev–Trinajstić information content (AvgIpc) is 3.75. The number of benzene rings is 2. The van der Waals surface area contributed by atoms with Gasteiger partial charge in [-0.05, 0) is 56.3 Å². The molecule has 234 valence electrons. The van der Waals surface area contributed by atoms with E-state index in [9.17, 15) is 14.0 Å². The topological polar surface area (TPSA) is 103 Å². The number of halogens is 4. The third kappa shape index (κ3) is 4.36. The number of nitriles is 1. The highest BCUT2D eigenvalue weighted by Gasteiger charge is 2.49. The zero-order valence-electron chi connectivity index (χ0n) is 24.6. The van der Waals surface area contributed by atoms with E-state index in [1.165, 1.54) is 6.07 Å². The highest BCUT2D eigenvalue weighted by molar-refractivity contribution is 7.23. The number of nitrogens with one attached hydrogen (secondary N) is 1. The molecule has 3 unspecified atom stereocenters. The summed E-state index contributed by atoms with van der Waals surface area (Å²) in [5, 5.41) is 13.7. The van der Waals surface area contributed by atoms with Crippen molar-refractivity contribution in [1.82, 2.24) is 20.2 Å². The van der Waals surface area contributed by atoms with Gasteiger partial charge in [0.15, 0.2) is 5.82 Å². The molecule has 2 aromatic carbocycles. The molecule has 4 saturated heterocycles. The van der Waals surface area contributed by atoms with Crippen LogP contribution >= 0.6 is 11.3 Å². The van der Waals surface area contributed by atoms with E-state index in [2.05, 4.69) is 15.2 Å². The molecular formula is C32H31F4N7OS. The number of alkyl halides is 1. The van der Waals surface area contributed by atoms with Crippen LogP contribution < -0.4 is 20.7 Å². The summed E-state index contributed by atoms with van der Waals surface area (Å²) in [6.45, 7) is 4.05. The molecule has 4 fully saturated rings. The number of aryl methyl sites for hydroxylation is 1. The molecule has 2 bridgehead atoms. The Bertz CT molecular complexity index is 1920. The SMILES string of the molecule is Cc1c(F)c(-c2ccc(F)c3sc(N)c(C#N)c23)c(F)c2nc(OCC34CCCN3C[C@H](F)C4)nc(N3CC4CCC(C3)N4)c12. The van der Waals surface area contributed by atoms with Gasteiger partial charge in [-0.25, -0.2) is 17.6 Å². The average molecular weight is 638 g/mol. The largest absolute Gasteiger partial charge is 0.461 e. The fourth-order valence-electron chi connectivity index (χ4n) is 8.10. The molecule has 4 atom stereocenters. The normalized spacial score (nSPS) is 26.2. The Kier molecular flexibility index (Phi) is 6.64. The van der Waals surface area contributed by atoms with Crippen LogP contribution in [0.2, 0.25) is 0 Å². The molecule has 45 heavy (non-hydrogen) atoms. The zero-order valence-corrected chi connectivity index (χ0v) is 25.4. The van der Waals surface area contributed by atoms with Crippen LogP contribution in [0.15, 0.2) is 12.1 Å². The molecule has 4 aliphatic heterocycles. The molecular weight excluding hydrogens is 606 g/mol. The number of nitrogen functional groups attached to an aromatic ring is 1. The van der Waals surface area contributed by atoms with Gasteiger partial charge in [-0.2, -0.15) is 15.2 Å². The number of rotatable bonds is 5. The number of hydrogen-bond donors (Lipinski definition) is 2. The lowest BCUT2D eigenvalue weighted by Crippen LogP contribution is -2.51. The van der Waals surface area contributed by atoms with Crippen molar-refractivity contribution in [3.63, 3.8) is 0 Å². The van der Waals surface area contributed by atoms with Crippen molar-refractivity contribution in [2.24, 2.45) is 0 Å². The Morgan fingerprint density at radius 3 is 2.67 bits per heavy atom. The number of fused-ring (bicyclic) bond motifs is 5. The van der Waals surface area contributed by atoms with Gasteiger partial charge in [0.05, 0.1) is 26.8 Å². The van der Waals surface area contributed by atoms with E-state index in [1.807, 2.05) is 11.0 Å². The minimum Gasteiger partial charge on any atom is -0.461 e. The molecule has 0 amide bonds. The molecule has 0 spiro atoms. The summed E-state index contributed by atoms with van der Waals surface area (Å²) in [6.07, 6.45) is 3.11. The number of hydrogen-bond acceptors (Lipinski definition) is 9. The molecule has 3 N–H and O–H groups in total. The molecule has 13 heteroatoms. The minimum absolute atomic E-state index is 0.0131. The fraction of sp³-hybridized carbons (Fsp3) is 0.469. The summed E-state index contributed by atoms with van der Waals surface area (Å²) in [4.78, 5) is 13.4. The standard InChI is InChI=1S/C32H31F4N7OS/c1-15-22-27(26(36)24(25(15)35)19-5-6-21(34)28-23(19)20(10-37)29(38)45-28)40-31(41-30(22)42-12-17-3-4-18(13-42)39-17)44-14-32-7-2-8-43(32)11-16(33)9-32/h5-6,16-18,39H,2-4,7-9,11-14,38H2,1H3/t16-,17?,18?,32?/m1/s1. The lowest BCUT2D eigenvalue weighted by molar-refractivity contribution is 0.107. The highest BCUT2D eigenvalue weighted by atomic mass is 32.1. The molecule has 0 radical (unpaired) electrons. The van der Waals surface area contributed by atoms with Gasteiger partial charge in [-0.1, -0.05) is 6.07 Å². The smallest absolute Gasteiger partial charge is 0.319 e. The molecule has 4 aliphatic rings. The minimum atomic E-state index is -0.966. The van der Waals surface area contributed by atoms with E-state index >= 15 is 8.78 Å². The number of aromatic nitrogens is 2. The quantitative estimate of drug-likeness (QED) is 0.273. The Morgan fingerprint density at radius 1 is 1.13 bits per heavy atom. The summed E-state index contributed by atoms with van der Waals surface area (Å²) in [5.41, 5.74) is 5.10. The Balaban J connectivity index is 1.32. The first-order valence-electron chi connectivity index (χ1n) is 15.3. The van der Waals surface area contributed by atoms with Gasteiger partial charge < -0.3 is 20.7 Å². The molecule has 4 aromatic rings. The summed E-state index contributed by atoms with van der Waals surface area (Å²) < 4.78 is 68.9. The van der Waals surface area contributed by atoms with Crippen LogP contribution in [0.25, 0.3) is 32.1 Å². The third-order valence-corrected chi connectivity index (χ3v) is 11.2. The van der Waals surface area contributed by atoms with Crippen molar-refractivity contribution in [3.05, 3.63) is 40.7 Å². The van der Waals surface area contributed by atoms with Crippen LogP contribution in [0, 0.1) is 35.7 Å². The van der Waals surface area contributed by atoms with E-state index in [-0.39, 0.29) is 67.4 Å². The summed E-state index contributed by atoms with van der Waals surface area (Å²) in [5.74, 6) is -2.07. The summed E-state index contributed by atoms with van der Waals surface area (Å²) in [7, 11) is 0. The van der Waals surface area contributed by atoms with Gasteiger partial charge in [0.25, 0.3) is 0 Å². The lowest BCUT2D eigenvalue weighted by atomic mass is 9.94. The van der Waals surface area contributed by atoms with Crippen LogP contribution in [0.5, 0.6) is 6.01 Å². The number of piperazine rings is 1. The van der Waals surface area contributed by atoms with Gasteiger partial charge in [0.2, 0.25) is 0 Å². The summed E-state index contributed by atoms with van der Waals surface area (Å²) >= 11 is 0.860. The Hall–Kier alpha value is -3.73. The van der Waals surface area contributed by atoms with E-state index in [0.717, 1.165) is 49.6 Å². The van der Waals surface area contributed by atoms with Crippen molar-refractivity contribution in [3.8, 4) is 23.2 Å². The number of anilines is 2. The van der Waals surface area contributed by atoms with Gasteiger partial charge in [0, 0.05) is 43.5 Å². The van der Waals surface area contributed by atoms with Crippen LogP contribution in [0.4, 0.5) is 28.4 Å². The van der Waals surface area contributed by atoms with Gasteiger partial charge in [-0.15, -0.1) is 11.3 Å². The predicted octanol–water partition coefficient (Wildman–Crippen LogP) is 5.59. The Labute approximate surface area is 260 Å². The van der Waals surface area contributed by atoms with E-state index in [4.69, 9.17) is 15.5 Å². The fourth-order valence-corrected chi connectivity index (χ4v) is 9.05. The van der Waals surface area contributed by atoms with Crippen LogP contribution in [-0.4, -0.2) is 71.4 Å². The first-order chi connectivity index (χ1) is 21.7. The van der Waals surface area contributed by atoms with E-state index in [1.54, 1.807) is 6.92 Å². The summed E-state index contributed by atoms with van der Waals surface area (Å²) in [6, 6.07) is 4.74. The number of nitrogens with zero attached hydrogens (tertiary/aromatic N) is 5. The predicted molar refractivity (Wildman–Crippen MR) is 165 cm³/mol. The number of nitrogens with two attached hydrogens (primary N) is 1. The lowest BCUT2D eigenvalue weighted by Gasteiger charge is -2.35. The van der Waals surface area contributed by atoms with Crippen LogP contribution in [0.1, 0.15) is 43.2 Å². The maximum atomic E-state index is 16.9. The van der Waals surface area contributed by atoms with Crippen molar-refractivity contribution in [2.45, 2.75) is 62.8 Å². The van der Waals surface area contributed by atoms with Gasteiger partial charge in [-0.3, -0.25) is 4.90 Å². The first kappa shape index (κ1) is 28.7. The highest BCUT2D eigenvalue weighted by Crippen LogP contribution is 2.46.